The molecule has 0 unspecified atom stereocenters. The van der Waals surface area contributed by atoms with Crippen LogP contribution in [0.1, 0.15) is 36.8 Å². The molecule has 240 valence electrons. The Labute approximate surface area is 272 Å². The van der Waals surface area contributed by atoms with Gasteiger partial charge in [-0.25, -0.2) is 19.7 Å². The molecule has 0 radical (unpaired) electrons. The summed E-state index contributed by atoms with van der Waals surface area (Å²) in [6.45, 7) is 3.71. The largest absolute Gasteiger partial charge is 0.497 e. The molecule has 0 bridgehead atoms. The van der Waals surface area contributed by atoms with E-state index in [1.165, 1.54) is 19.5 Å². The van der Waals surface area contributed by atoms with E-state index in [1.54, 1.807) is 19.5 Å². The lowest BCUT2D eigenvalue weighted by molar-refractivity contribution is -0.191. The first kappa shape index (κ1) is 30.5. The van der Waals surface area contributed by atoms with Gasteiger partial charge in [-0.2, -0.15) is 0 Å². The lowest BCUT2D eigenvalue weighted by Crippen LogP contribution is -2.38. The summed E-state index contributed by atoms with van der Waals surface area (Å²) in [5, 5.41) is 3.81. The average molecular weight is 634 g/mol. The fraction of sp³-hybridized carbons (Fsp3) is 0.278. The predicted molar refractivity (Wildman–Crippen MR) is 174 cm³/mol. The summed E-state index contributed by atoms with van der Waals surface area (Å²) in [5.41, 5.74) is 3.20. The van der Waals surface area contributed by atoms with Gasteiger partial charge in [0, 0.05) is 6.08 Å². The summed E-state index contributed by atoms with van der Waals surface area (Å²) in [6, 6.07) is 28.4. The molecule has 5 aromatic rings. The van der Waals surface area contributed by atoms with E-state index in [4.69, 9.17) is 33.7 Å². The molecule has 0 saturated carbocycles. The third-order valence-electron chi connectivity index (χ3n) is 8.56. The quantitative estimate of drug-likeness (QED) is 0.129. The summed E-state index contributed by atoms with van der Waals surface area (Å²) in [7, 11) is 2.98. The van der Waals surface area contributed by atoms with Crippen molar-refractivity contribution >= 4 is 23.0 Å². The van der Waals surface area contributed by atoms with E-state index in [0.717, 1.165) is 22.4 Å². The van der Waals surface area contributed by atoms with Crippen LogP contribution in [0.2, 0.25) is 0 Å². The molecule has 2 saturated heterocycles. The Morgan fingerprint density at radius 1 is 0.872 bits per heavy atom. The molecule has 3 aromatic carbocycles. The number of hydrogen-bond acceptors (Lipinski definition) is 10. The molecule has 4 atom stereocenters. The number of nitrogens with zero attached hydrogens (tertiary/aromatic N) is 4. The van der Waals surface area contributed by atoms with Gasteiger partial charge >= 0.3 is 5.97 Å². The minimum absolute atomic E-state index is 0.466. The van der Waals surface area contributed by atoms with Gasteiger partial charge in [0.2, 0.25) is 0 Å². The van der Waals surface area contributed by atoms with Crippen LogP contribution in [0.15, 0.2) is 110 Å². The number of ether oxygens (including phenoxy) is 5. The Hall–Kier alpha value is -5.10. The first-order chi connectivity index (χ1) is 22.8. The number of anilines is 1. The van der Waals surface area contributed by atoms with Crippen LogP contribution in [0.3, 0.4) is 0 Å². The van der Waals surface area contributed by atoms with E-state index in [-0.39, 0.29) is 0 Å². The van der Waals surface area contributed by atoms with Crippen molar-refractivity contribution in [3.05, 3.63) is 126 Å². The van der Waals surface area contributed by atoms with Crippen molar-refractivity contribution in [2.75, 3.05) is 19.5 Å². The molecule has 11 nitrogen and oxygen atoms in total. The number of hydrogen-bond donors (Lipinski definition) is 1. The van der Waals surface area contributed by atoms with Crippen LogP contribution in [-0.2, 0) is 29.3 Å². The lowest BCUT2D eigenvalue weighted by Gasteiger charge is -2.37. The number of carbonyl (C=O) groups is 1. The Bertz CT molecular complexity index is 1850. The molecule has 7 rings (SSSR count). The van der Waals surface area contributed by atoms with Crippen molar-refractivity contribution < 1.29 is 28.5 Å². The minimum Gasteiger partial charge on any atom is -0.497 e. The second-order valence-electron chi connectivity index (χ2n) is 11.8. The third kappa shape index (κ3) is 5.52. The number of rotatable bonds is 9. The van der Waals surface area contributed by atoms with Gasteiger partial charge in [-0.05, 0) is 48.7 Å². The van der Waals surface area contributed by atoms with Gasteiger partial charge in [-0.1, -0.05) is 72.8 Å². The SMILES string of the molecule is COC(=O)/C=C/[C@H]1O[C@@H](n2cnc3c(NC(c4ccccc4)(c4ccccc4)c4ccc(OC)cc4)ncnc32)[C@@H]2OC(C)(C)O[C@@H]21. The van der Waals surface area contributed by atoms with E-state index in [1.807, 2.05) is 66.9 Å². The number of benzene rings is 3. The number of nitrogens with one attached hydrogen (secondary N) is 1. The van der Waals surface area contributed by atoms with Crippen LogP contribution in [0.4, 0.5) is 5.82 Å². The standard InChI is InChI=1S/C36H35N5O6/c1-35(2)46-30-27(19-20-28(42)44-4)45-34(31(30)47-35)41-22-39-29-32(37-21-38-33(29)41)40-36(23-11-7-5-8-12-23,24-13-9-6-10-14-24)25-15-17-26(43-3)18-16-25/h5-22,27,30-31,34H,1-4H3,(H,37,38,40)/b20-19+/t27-,30-,31-,34-/m1/s1. The number of esters is 1. The molecule has 4 heterocycles. The Kier molecular flexibility index (Phi) is 7.96. The van der Waals surface area contributed by atoms with E-state index in [2.05, 4.69) is 46.7 Å². The molecular formula is C36H35N5O6. The third-order valence-corrected chi connectivity index (χ3v) is 8.56. The first-order valence-electron chi connectivity index (χ1n) is 15.3. The van der Waals surface area contributed by atoms with Crippen molar-refractivity contribution in [1.82, 2.24) is 19.5 Å². The van der Waals surface area contributed by atoms with E-state index >= 15 is 0 Å². The molecule has 0 aliphatic carbocycles. The summed E-state index contributed by atoms with van der Waals surface area (Å²) >= 11 is 0. The number of aromatic nitrogens is 4. The maximum absolute atomic E-state index is 11.9. The summed E-state index contributed by atoms with van der Waals surface area (Å²) in [6.07, 6.45) is 3.99. The highest BCUT2D eigenvalue weighted by molar-refractivity contribution is 5.84. The van der Waals surface area contributed by atoms with Gasteiger partial charge in [-0.15, -0.1) is 0 Å². The topological polar surface area (TPSA) is 119 Å². The Morgan fingerprint density at radius 3 is 2.15 bits per heavy atom. The molecular weight excluding hydrogens is 598 g/mol. The average Bonchev–Trinajstić information content (AvgIpc) is 3.77. The Morgan fingerprint density at radius 2 is 1.51 bits per heavy atom. The molecule has 0 amide bonds. The molecule has 0 spiro atoms. The summed E-state index contributed by atoms with van der Waals surface area (Å²) in [5.74, 6) is -0.0583. The smallest absolute Gasteiger partial charge is 0.330 e. The Balaban J connectivity index is 1.34. The van der Waals surface area contributed by atoms with Crippen LogP contribution in [0, 0.1) is 0 Å². The molecule has 2 aliphatic heterocycles. The molecule has 2 aliphatic rings. The van der Waals surface area contributed by atoms with Gasteiger partial charge in [0.1, 0.15) is 35.9 Å². The van der Waals surface area contributed by atoms with Gasteiger partial charge in [0.25, 0.3) is 0 Å². The normalized spacial score (nSPS) is 22.0. The molecule has 1 N–H and O–H groups in total. The number of methoxy groups -OCH3 is 2. The predicted octanol–water partition coefficient (Wildman–Crippen LogP) is 5.39. The van der Waals surface area contributed by atoms with E-state index < -0.39 is 41.8 Å². The second kappa shape index (κ2) is 12.3. The van der Waals surface area contributed by atoms with Crippen LogP contribution in [-0.4, -0.2) is 63.8 Å². The molecule has 2 fully saturated rings. The maximum Gasteiger partial charge on any atom is 0.330 e. The van der Waals surface area contributed by atoms with Crippen LogP contribution >= 0.6 is 0 Å². The zero-order valence-electron chi connectivity index (χ0n) is 26.4. The van der Waals surface area contributed by atoms with Gasteiger partial charge in [0.05, 0.1) is 20.5 Å². The highest BCUT2D eigenvalue weighted by Gasteiger charge is 2.55. The number of carbonyl (C=O) groups excluding carboxylic acids is 1. The van der Waals surface area contributed by atoms with E-state index in [0.29, 0.717) is 17.0 Å². The summed E-state index contributed by atoms with van der Waals surface area (Å²) < 4.78 is 31.0. The van der Waals surface area contributed by atoms with Crippen molar-refractivity contribution in [2.24, 2.45) is 0 Å². The maximum atomic E-state index is 11.9. The zero-order chi connectivity index (χ0) is 32.6. The van der Waals surface area contributed by atoms with Crippen LogP contribution < -0.4 is 10.1 Å². The minimum atomic E-state index is -0.870. The van der Waals surface area contributed by atoms with Crippen molar-refractivity contribution in [1.29, 1.82) is 0 Å². The van der Waals surface area contributed by atoms with Crippen molar-refractivity contribution in [2.45, 2.75) is 49.7 Å². The second-order valence-corrected chi connectivity index (χ2v) is 11.8. The van der Waals surface area contributed by atoms with Crippen molar-refractivity contribution in [3.8, 4) is 5.75 Å². The van der Waals surface area contributed by atoms with Gasteiger partial charge in [-0.3, -0.25) is 4.57 Å². The first-order valence-corrected chi connectivity index (χ1v) is 15.3. The fourth-order valence-corrected chi connectivity index (χ4v) is 6.47. The van der Waals surface area contributed by atoms with Gasteiger partial charge < -0.3 is 29.0 Å². The molecule has 47 heavy (non-hydrogen) atoms. The van der Waals surface area contributed by atoms with Crippen LogP contribution in [0.5, 0.6) is 5.75 Å². The van der Waals surface area contributed by atoms with Crippen LogP contribution in [0.25, 0.3) is 11.2 Å². The van der Waals surface area contributed by atoms with E-state index in [9.17, 15) is 4.79 Å². The highest BCUT2D eigenvalue weighted by Crippen LogP contribution is 2.45. The summed E-state index contributed by atoms with van der Waals surface area (Å²) in [4.78, 5) is 26.1. The number of fused-ring (bicyclic) bond motifs is 2. The number of imidazole rings is 1. The fourth-order valence-electron chi connectivity index (χ4n) is 6.47. The van der Waals surface area contributed by atoms with Crippen molar-refractivity contribution in [3.63, 3.8) is 0 Å². The van der Waals surface area contributed by atoms with Gasteiger partial charge in [0.15, 0.2) is 29.0 Å². The zero-order valence-corrected chi connectivity index (χ0v) is 26.4. The highest BCUT2D eigenvalue weighted by atomic mass is 16.8. The molecule has 11 heteroatoms. The lowest BCUT2D eigenvalue weighted by atomic mass is 9.77. The molecule has 2 aromatic heterocycles. The monoisotopic (exact) mass is 633 g/mol.